The third-order valence-corrected chi connectivity index (χ3v) is 17.2. The SMILES string of the molecule is Cc1ccccc1P(CC1C(C)C2CC13CC2CC3P(C(C)(C)C)C(C)(C)C)c1ccccc1C. The molecule has 3 aliphatic carbocycles. The van der Waals surface area contributed by atoms with Crippen molar-refractivity contribution in [2.75, 3.05) is 6.16 Å². The summed E-state index contributed by atoms with van der Waals surface area (Å²) in [5.74, 6) is 3.74. The van der Waals surface area contributed by atoms with Gasteiger partial charge in [0, 0.05) is 0 Å². The van der Waals surface area contributed by atoms with Crippen molar-refractivity contribution in [3.8, 4) is 0 Å². The monoisotopic (exact) mass is 506 g/mol. The summed E-state index contributed by atoms with van der Waals surface area (Å²) in [4.78, 5) is 0. The molecular weight excluding hydrogens is 458 g/mol. The molecule has 0 radical (unpaired) electrons. The van der Waals surface area contributed by atoms with Gasteiger partial charge in [-0.15, -0.1) is 0 Å². The van der Waals surface area contributed by atoms with Crippen LogP contribution in [0.25, 0.3) is 0 Å². The smallest absolute Gasteiger partial charge is 0.0137 e. The molecule has 0 aromatic heterocycles. The normalized spacial score (nSPS) is 32.3. The number of aryl methyl sites for hydroxylation is 2. The van der Waals surface area contributed by atoms with Crippen LogP contribution in [0.15, 0.2) is 48.5 Å². The van der Waals surface area contributed by atoms with Gasteiger partial charge in [-0.25, -0.2) is 0 Å². The number of hydrogen-bond donors (Lipinski definition) is 0. The largest absolute Gasteiger partial charge is 0.0919 e. The van der Waals surface area contributed by atoms with Crippen LogP contribution >= 0.6 is 15.8 Å². The second kappa shape index (κ2) is 8.95. The highest BCUT2D eigenvalue weighted by Crippen LogP contribution is 2.81. The van der Waals surface area contributed by atoms with E-state index in [1.165, 1.54) is 36.6 Å². The number of rotatable bonds is 5. The van der Waals surface area contributed by atoms with E-state index in [1.54, 1.807) is 10.6 Å². The van der Waals surface area contributed by atoms with E-state index in [4.69, 9.17) is 0 Å². The summed E-state index contributed by atoms with van der Waals surface area (Å²) < 4.78 is 0. The Balaban J connectivity index is 1.58. The summed E-state index contributed by atoms with van der Waals surface area (Å²) in [6, 6.07) is 18.6. The van der Waals surface area contributed by atoms with Crippen LogP contribution in [0.3, 0.4) is 0 Å². The number of fused-ring (bicyclic) bond motifs is 3. The van der Waals surface area contributed by atoms with Crippen LogP contribution in [0.4, 0.5) is 0 Å². The average Bonchev–Trinajstić information content (AvgIpc) is 3.36. The van der Waals surface area contributed by atoms with Crippen molar-refractivity contribution in [1.29, 1.82) is 0 Å². The quantitative estimate of drug-likeness (QED) is 0.355. The van der Waals surface area contributed by atoms with E-state index < -0.39 is 0 Å². The van der Waals surface area contributed by atoms with E-state index in [-0.39, 0.29) is 15.8 Å². The molecule has 0 amide bonds. The zero-order valence-electron chi connectivity index (χ0n) is 23.7. The first-order valence-corrected chi connectivity index (χ1v) is 17.0. The van der Waals surface area contributed by atoms with Gasteiger partial charge in [-0.05, 0) is 114 Å². The zero-order valence-corrected chi connectivity index (χ0v) is 25.5. The van der Waals surface area contributed by atoms with Gasteiger partial charge in [-0.1, -0.05) is 105 Å². The minimum atomic E-state index is -0.348. The molecule has 6 unspecified atom stereocenters. The summed E-state index contributed by atoms with van der Waals surface area (Å²) in [6.45, 7) is 22.7. The van der Waals surface area contributed by atoms with Crippen LogP contribution < -0.4 is 10.6 Å². The molecule has 35 heavy (non-hydrogen) atoms. The highest BCUT2D eigenvalue weighted by Gasteiger charge is 2.69. The Labute approximate surface area is 218 Å². The lowest BCUT2D eigenvalue weighted by Gasteiger charge is -2.53. The standard InChI is InChI=1S/C33H48P2/c1-22-14-10-12-16-28(22)34(29-17-13-11-15-23(29)2)21-27-24(3)26-20-33(27)19-25(26)18-30(33)35(31(4,5)6)32(7,8)9/h10-17,24-27,30H,18-21H2,1-9H3. The van der Waals surface area contributed by atoms with Crippen LogP contribution in [0.1, 0.15) is 78.9 Å². The third-order valence-electron chi connectivity index (χ3n) is 10.1. The molecule has 5 rings (SSSR count). The van der Waals surface area contributed by atoms with Crippen molar-refractivity contribution >= 4 is 26.5 Å². The van der Waals surface area contributed by atoms with E-state index in [0.29, 0.717) is 15.7 Å². The van der Waals surface area contributed by atoms with Crippen LogP contribution in [-0.4, -0.2) is 22.1 Å². The molecule has 0 N–H and O–H groups in total. The minimum Gasteiger partial charge on any atom is -0.0919 e. The molecule has 0 saturated heterocycles. The number of hydrogen-bond acceptors (Lipinski definition) is 0. The first kappa shape index (κ1) is 25.9. The molecule has 2 aromatic carbocycles. The number of benzene rings is 2. The van der Waals surface area contributed by atoms with Gasteiger partial charge in [0.15, 0.2) is 0 Å². The van der Waals surface area contributed by atoms with Gasteiger partial charge in [-0.2, -0.15) is 0 Å². The molecule has 1 spiro atoms. The maximum atomic E-state index is 2.66. The van der Waals surface area contributed by atoms with E-state index in [2.05, 4.69) is 111 Å². The van der Waals surface area contributed by atoms with Gasteiger partial charge < -0.3 is 0 Å². The molecule has 2 heteroatoms. The second-order valence-corrected chi connectivity index (χ2v) is 20.4. The minimum absolute atomic E-state index is 0.0708. The Morgan fingerprint density at radius 3 is 1.80 bits per heavy atom. The predicted octanol–water partition coefficient (Wildman–Crippen LogP) is 8.87. The lowest BCUT2D eigenvalue weighted by Crippen LogP contribution is -2.43. The first-order valence-electron chi connectivity index (χ1n) is 14.0. The van der Waals surface area contributed by atoms with Crippen molar-refractivity contribution < 1.29 is 0 Å². The maximum absolute atomic E-state index is 2.66. The fraction of sp³-hybridized carbons (Fsp3) is 0.636. The first-order chi connectivity index (χ1) is 16.3. The molecule has 2 aromatic rings. The lowest BCUT2D eigenvalue weighted by atomic mass is 9.73. The van der Waals surface area contributed by atoms with Crippen molar-refractivity contribution in [2.45, 2.75) is 97.5 Å². The fourth-order valence-electron chi connectivity index (χ4n) is 9.27. The molecule has 0 aliphatic heterocycles. The highest BCUT2D eigenvalue weighted by atomic mass is 31.1. The summed E-state index contributed by atoms with van der Waals surface area (Å²) >= 11 is 0. The van der Waals surface area contributed by atoms with Gasteiger partial charge >= 0.3 is 0 Å². The molecule has 6 atom stereocenters. The molecule has 3 aliphatic rings. The van der Waals surface area contributed by atoms with E-state index in [9.17, 15) is 0 Å². The zero-order chi connectivity index (χ0) is 25.3. The molecule has 3 fully saturated rings. The summed E-state index contributed by atoms with van der Waals surface area (Å²) in [6.07, 6.45) is 5.98. The van der Waals surface area contributed by atoms with Crippen molar-refractivity contribution in [3.63, 3.8) is 0 Å². The molecule has 0 heterocycles. The molecule has 0 nitrogen and oxygen atoms in total. The fourth-order valence-corrected chi connectivity index (χ4v) is 17.8. The summed E-state index contributed by atoms with van der Waals surface area (Å²) in [5.41, 5.74) is 4.51. The van der Waals surface area contributed by atoms with Crippen LogP contribution in [-0.2, 0) is 0 Å². The van der Waals surface area contributed by atoms with E-state index in [0.717, 1.165) is 29.3 Å². The Hall–Kier alpha value is -0.700. The van der Waals surface area contributed by atoms with E-state index >= 15 is 0 Å². The highest BCUT2D eigenvalue weighted by molar-refractivity contribution is 7.73. The molecule has 190 valence electrons. The van der Waals surface area contributed by atoms with Crippen molar-refractivity contribution in [2.24, 2.45) is 29.1 Å². The lowest BCUT2D eigenvalue weighted by molar-refractivity contribution is 0.176. The Morgan fingerprint density at radius 1 is 0.800 bits per heavy atom. The summed E-state index contributed by atoms with van der Waals surface area (Å²) in [5, 5.41) is 4.09. The van der Waals surface area contributed by atoms with Crippen LogP contribution in [0.5, 0.6) is 0 Å². The van der Waals surface area contributed by atoms with Gasteiger partial charge in [0.1, 0.15) is 0 Å². The molecular formula is C33H48P2. The molecule has 3 saturated carbocycles. The Morgan fingerprint density at radius 2 is 1.31 bits per heavy atom. The van der Waals surface area contributed by atoms with Gasteiger partial charge in [0.25, 0.3) is 0 Å². The summed E-state index contributed by atoms with van der Waals surface area (Å²) in [7, 11) is -0.419. The third kappa shape index (κ3) is 4.28. The second-order valence-electron chi connectivity index (χ2n) is 14.2. The maximum Gasteiger partial charge on any atom is -0.0137 e. The predicted molar refractivity (Wildman–Crippen MR) is 160 cm³/mol. The van der Waals surface area contributed by atoms with Crippen molar-refractivity contribution in [3.05, 3.63) is 59.7 Å². The van der Waals surface area contributed by atoms with Crippen LogP contribution in [0.2, 0.25) is 0 Å². The van der Waals surface area contributed by atoms with Crippen molar-refractivity contribution in [1.82, 2.24) is 0 Å². The Bertz CT molecular complexity index is 1010. The van der Waals surface area contributed by atoms with Gasteiger partial charge in [0.05, 0.1) is 0 Å². The van der Waals surface area contributed by atoms with E-state index in [1.807, 2.05) is 0 Å². The molecule has 3 bridgehead atoms. The topological polar surface area (TPSA) is 0 Å². The van der Waals surface area contributed by atoms with Gasteiger partial charge in [0.2, 0.25) is 0 Å². The Kier molecular flexibility index (Phi) is 6.63. The van der Waals surface area contributed by atoms with Gasteiger partial charge in [-0.3, -0.25) is 0 Å². The van der Waals surface area contributed by atoms with Crippen LogP contribution in [0, 0.1) is 42.9 Å². The average molecular weight is 507 g/mol.